The number of benzene rings is 1. The van der Waals surface area contributed by atoms with Crippen molar-refractivity contribution >= 4 is 51.5 Å². The maximum absolute atomic E-state index is 13.4. The molecule has 3 aliphatic carbocycles. The molecule has 0 bridgehead atoms. The molecule has 0 aromatic heterocycles. The van der Waals surface area contributed by atoms with Gasteiger partial charge in [0, 0.05) is 37.7 Å². The first-order chi connectivity index (χ1) is 14.4. The fourth-order valence-electron chi connectivity index (χ4n) is 5.04. The molecule has 3 atom stereocenters. The SMILES string of the molecule is CN(C)c1cc(I)c(O)c2c1CC1CC3CC(=O)C(C(N)=O)=C(O)[C@@]3(O)C(=O)C1=C2O. The van der Waals surface area contributed by atoms with E-state index in [2.05, 4.69) is 0 Å². The van der Waals surface area contributed by atoms with Crippen LogP contribution in [0.15, 0.2) is 23.0 Å². The molecule has 0 aliphatic heterocycles. The van der Waals surface area contributed by atoms with Crippen LogP contribution in [0.1, 0.15) is 24.0 Å². The van der Waals surface area contributed by atoms with E-state index in [1.807, 2.05) is 41.6 Å². The van der Waals surface area contributed by atoms with E-state index in [1.54, 1.807) is 6.07 Å². The number of ketones is 2. The third-order valence-electron chi connectivity index (χ3n) is 6.48. The van der Waals surface area contributed by atoms with Crippen LogP contribution in [-0.4, -0.2) is 57.6 Å². The lowest BCUT2D eigenvalue weighted by Crippen LogP contribution is -2.58. The average Bonchev–Trinajstić information content (AvgIpc) is 2.66. The molecule has 1 aromatic rings. The van der Waals surface area contributed by atoms with Gasteiger partial charge in [-0.3, -0.25) is 14.4 Å². The number of primary amides is 1. The van der Waals surface area contributed by atoms with E-state index >= 15 is 0 Å². The molecule has 1 aromatic carbocycles. The second kappa shape index (κ2) is 6.95. The smallest absolute Gasteiger partial charge is 0.255 e. The number of rotatable bonds is 2. The molecule has 10 heteroatoms. The van der Waals surface area contributed by atoms with Crippen LogP contribution in [0.4, 0.5) is 5.69 Å². The van der Waals surface area contributed by atoms with E-state index in [0.717, 1.165) is 5.69 Å². The summed E-state index contributed by atoms with van der Waals surface area (Å²) in [6, 6.07) is 1.77. The summed E-state index contributed by atoms with van der Waals surface area (Å²) in [5.74, 6) is -6.23. The number of Topliss-reactive ketones (excluding diaryl/α,β-unsaturated/α-hetero) is 2. The van der Waals surface area contributed by atoms with Crippen LogP contribution in [0.25, 0.3) is 5.76 Å². The third kappa shape index (κ3) is 2.80. The van der Waals surface area contributed by atoms with E-state index in [4.69, 9.17) is 5.73 Å². The molecule has 4 rings (SSSR count). The van der Waals surface area contributed by atoms with Gasteiger partial charge >= 0.3 is 0 Å². The van der Waals surface area contributed by atoms with Crippen LogP contribution in [0.2, 0.25) is 0 Å². The molecular formula is C21H21IN2O7. The molecule has 3 aliphatic rings. The third-order valence-corrected chi connectivity index (χ3v) is 7.30. The summed E-state index contributed by atoms with van der Waals surface area (Å²) in [5, 5.41) is 43.5. The van der Waals surface area contributed by atoms with E-state index in [1.165, 1.54) is 0 Å². The number of fused-ring (bicyclic) bond motifs is 3. The van der Waals surface area contributed by atoms with Gasteiger partial charge in [-0.25, -0.2) is 0 Å². The Bertz CT molecular complexity index is 1140. The molecule has 1 saturated carbocycles. The van der Waals surface area contributed by atoms with Crippen LogP contribution in [-0.2, 0) is 20.8 Å². The van der Waals surface area contributed by atoms with Gasteiger partial charge in [0.05, 0.1) is 9.13 Å². The predicted molar refractivity (Wildman–Crippen MR) is 118 cm³/mol. The summed E-state index contributed by atoms with van der Waals surface area (Å²) in [5.41, 5.74) is 3.20. The molecule has 0 radical (unpaired) electrons. The number of halogens is 1. The zero-order chi connectivity index (χ0) is 23.0. The summed E-state index contributed by atoms with van der Waals surface area (Å²) in [6.07, 6.45) is 0.0648. The minimum absolute atomic E-state index is 0.0997. The van der Waals surface area contributed by atoms with E-state index in [9.17, 15) is 34.8 Å². The van der Waals surface area contributed by atoms with Crippen LogP contribution in [0, 0.1) is 15.4 Å². The Hall–Kier alpha value is -2.60. The summed E-state index contributed by atoms with van der Waals surface area (Å²) < 4.78 is 0.465. The van der Waals surface area contributed by atoms with Crippen LogP contribution in [0.3, 0.4) is 0 Å². The largest absolute Gasteiger partial charge is 0.508 e. The highest BCUT2D eigenvalue weighted by molar-refractivity contribution is 14.1. The van der Waals surface area contributed by atoms with Crippen molar-refractivity contribution in [2.24, 2.45) is 17.6 Å². The maximum atomic E-state index is 13.4. The predicted octanol–water partition coefficient (Wildman–Crippen LogP) is 1.09. The zero-order valence-electron chi connectivity index (χ0n) is 16.8. The first-order valence-corrected chi connectivity index (χ1v) is 10.7. The number of nitrogens with two attached hydrogens (primary N) is 1. The number of phenolic OH excluding ortho intramolecular Hbond substituents is 1. The van der Waals surface area contributed by atoms with E-state index < -0.39 is 52.0 Å². The van der Waals surface area contributed by atoms with Gasteiger partial charge < -0.3 is 31.1 Å². The standard InChI is InChI=1S/C21H21IN2O7/c1-24(2)11-6-10(22)16(26)14-9(11)4-7-3-8-5-12(25)15(20(23)30)19(29)21(8,31)18(28)13(7)17(14)27/h6-8,26-27,29,31H,3-5H2,1-2H3,(H2,23,30)/t7?,8?,21-/m0/s1. The number of phenols is 1. The molecule has 6 N–H and O–H groups in total. The van der Waals surface area contributed by atoms with Crippen molar-refractivity contribution in [3.05, 3.63) is 37.7 Å². The number of aliphatic hydroxyl groups excluding tert-OH is 2. The fraction of sp³-hybridized carbons (Fsp3) is 0.381. The van der Waals surface area contributed by atoms with Crippen LogP contribution < -0.4 is 10.6 Å². The van der Waals surface area contributed by atoms with E-state index in [-0.39, 0.29) is 36.1 Å². The van der Waals surface area contributed by atoms with Gasteiger partial charge in [0.2, 0.25) is 5.78 Å². The Morgan fingerprint density at radius 1 is 1.23 bits per heavy atom. The van der Waals surface area contributed by atoms with Crippen molar-refractivity contribution in [2.45, 2.75) is 24.9 Å². The molecule has 1 fully saturated rings. The number of anilines is 1. The normalized spacial score (nSPS) is 27.6. The number of hydrogen-bond donors (Lipinski definition) is 5. The quantitative estimate of drug-likeness (QED) is 0.275. The van der Waals surface area contributed by atoms with Crippen LogP contribution >= 0.6 is 22.6 Å². The summed E-state index contributed by atoms with van der Waals surface area (Å²) in [6.45, 7) is 0. The number of hydrogen-bond acceptors (Lipinski definition) is 8. The van der Waals surface area contributed by atoms with Gasteiger partial charge in [-0.1, -0.05) is 0 Å². The Labute approximate surface area is 191 Å². The monoisotopic (exact) mass is 540 g/mol. The second-order valence-electron chi connectivity index (χ2n) is 8.38. The molecule has 0 saturated heterocycles. The van der Waals surface area contributed by atoms with Gasteiger partial charge in [-0.15, -0.1) is 0 Å². The second-order valence-corrected chi connectivity index (χ2v) is 9.54. The lowest BCUT2D eigenvalue weighted by molar-refractivity contribution is -0.147. The molecule has 1 amide bonds. The van der Waals surface area contributed by atoms with Gasteiger partial charge in [0.1, 0.15) is 22.8 Å². The van der Waals surface area contributed by atoms with Crippen molar-refractivity contribution < 1.29 is 34.8 Å². The van der Waals surface area contributed by atoms with Crippen molar-refractivity contribution in [2.75, 3.05) is 19.0 Å². The number of aliphatic hydroxyl groups is 3. The van der Waals surface area contributed by atoms with Crippen molar-refractivity contribution in [1.29, 1.82) is 0 Å². The number of nitrogens with zero attached hydrogens (tertiary/aromatic N) is 1. The number of aromatic hydroxyl groups is 1. The summed E-state index contributed by atoms with van der Waals surface area (Å²) >= 11 is 1.92. The Morgan fingerprint density at radius 3 is 2.45 bits per heavy atom. The lowest BCUT2D eigenvalue weighted by Gasteiger charge is -2.46. The molecule has 9 nitrogen and oxygen atoms in total. The molecule has 0 spiro atoms. The minimum atomic E-state index is -2.54. The molecule has 2 unspecified atom stereocenters. The minimum Gasteiger partial charge on any atom is -0.508 e. The summed E-state index contributed by atoms with van der Waals surface area (Å²) in [7, 11) is 3.63. The Balaban J connectivity index is 1.97. The van der Waals surface area contributed by atoms with Crippen LogP contribution in [0.5, 0.6) is 5.75 Å². The van der Waals surface area contributed by atoms with Crippen molar-refractivity contribution in [3.8, 4) is 5.75 Å². The molecule has 31 heavy (non-hydrogen) atoms. The topological polar surface area (TPSA) is 161 Å². The highest BCUT2D eigenvalue weighted by atomic mass is 127. The van der Waals surface area contributed by atoms with E-state index in [0.29, 0.717) is 9.13 Å². The Morgan fingerprint density at radius 2 is 1.87 bits per heavy atom. The number of carbonyl (C=O) groups is 3. The first kappa shape index (κ1) is 21.6. The van der Waals surface area contributed by atoms with Gasteiger partial charge in [0.15, 0.2) is 11.4 Å². The number of amides is 1. The Kier molecular flexibility index (Phi) is 4.85. The maximum Gasteiger partial charge on any atom is 0.255 e. The van der Waals surface area contributed by atoms with Gasteiger partial charge in [0.25, 0.3) is 5.91 Å². The first-order valence-electron chi connectivity index (χ1n) is 9.60. The fourth-order valence-corrected chi connectivity index (χ4v) is 5.60. The molecular weight excluding hydrogens is 519 g/mol. The lowest BCUT2D eigenvalue weighted by atomic mass is 9.59. The average molecular weight is 540 g/mol. The van der Waals surface area contributed by atoms with Gasteiger partial charge in [-0.2, -0.15) is 0 Å². The van der Waals surface area contributed by atoms with Gasteiger partial charge in [-0.05, 0) is 53.0 Å². The highest BCUT2D eigenvalue weighted by Gasteiger charge is 2.60. The number of carbonyl (C=O) groups excluding carboxylic acids is 3. The summed E-state index contributed by atoms with van der Waals surface area (Å²) in [4.78, 5) is 39.3. The highest BCUT2D eigenvalue weighted by Crippen LogP contribution is 2.53. The molecule has 164 valence electrons. The van der Waals surface area contributed by atoms with Crippen molar-refractivity contribution in [3.63, 3.8) is 0 Å². The van der Waals surface area contributed by atoms with Crippen molar-refractivity contribution in [1.82, 2.24) is 0 Å². The molecule has 0 heterocycles. The zero-order valence-corrected chi connectivity index (χ0v) is 18.9.